The van der Waals surface area contributed by atoms with E-state index in [-0.39, 0.29) is 13.0 Å². The van der Waals surface area contributed by atoms with Crippen LogP contribution in [0.15, 0.2) is 54.6 Å². The summed E-state index contributed by atoms with van der Waals surface area (Å²) in [6.07, 6.45) is 4.26. The Bertz CT molecular complexity index is 1670. The highest BCUT2D eigenvalue weighted by Gasteiger charge is 2.44. The maximum Gasteiger partial charge on any atom is 0.408 e. The van der Waals surface area contributed by atoms with Gasteiger partial charge in [-0.1, -0.05) is 68.9 Å². The van der Waals surface area contributed by atoms with E-state index in [1.165, 1.54) is 4.90 Å². The molecule has 0 bridgehead atoms. The number of methoxy groups -OCH3 is 1. The summed E-state index contributed by atoms with van der Waals surface area (Å²) < 4.78 is 17.6. The molecule has 3 heterocycles. The second-order valence-corrected chi connectivity index (χ2v) is 14.0. The van der Waals surface area contributed by atoms with Crippen LogP contribution in [-0.4, -0.2) is 82.4 Å². The Morgan fingerprint density at radius 2 is 1.66 bits per heavy atom. The van der Waals surface area contributed by atoms with Gasteiger partial charge in [0.1, 0.15) is 41.3 Å². The molecule has 2 fully saturated rings. The van der Waals surface area contributed by atoms with Crippen LogP contribution in [0.5, 0.6) is 11.5 Å². The average Bonchev–Trinajstić information content (AvgIpc) is 3.50. The lowest BCUT2D eigenvalue weighted by Crippen LogP contribution is -2.55. The molecular formula is C38H48N4O8. The van der Waals surface area contributed by atoms with Crippen molar-refractivity contribution in [1.82, 2.24) is 20.5 Å². The number of amides is 3. The topological polar surface area (TPSA) is 156 Å². The number of hydrogen-bond donors (Lipinski definition) is 3. The molecule has 0 spiro atoms. The third kappa shape index (κ3) is 9.42. The number of rotatable bonds is 6. The predicted molar refractivity (Wildman–Crippen MR) is 188 cm³/mol. The van der Waals surface area contributed by atoms with Gasteiger partial charge in [0, 0.05) is 29.5 Å². The van der Waals surface area contributed by atoms with E-state index in [2.05, 4.69) is 10.6 Å². The van der Waals surface area contributed by atoms with Crippen LogP contribution >= 0.6 is 0 Å². The van der Waals surface area contributed by atoms with Crippen molar-refractivity contribution in [3.63, 3.8) is 0 Å². The lowest BCUT2D eigenvalue weighted by molar-refractivity contribution is -0.144. The minimum absolute atomic E-state index is 0.0435. The number of hydrogen-bond acceptors (Lipinski definition) is 8. The van der Waals surface area contributed by atoms with E-state index < -0.39 is 53.7 Å². The highest BCUT2D eigenvalue weighted by molar-refractivity contribution is 5.94. The van der Waals surface area contributed by atoms with Gasteiger partial charge < -0.3 is 34.9 Å². The van der Waals surface area contributed by atoms with Gasteiger partial charge in [-0.2, -0.15) is 0 Å². The Morgan fingerprint density at radius 1 is 0.960 bits per heavy atom. The second-order valence-electron chi connectivity index (χ2n) is 14.0. The van der Waals surface area contributed by atoms with E-state index in [9.17, 15) is 24.3 Å². The Balaban J connectivity index is 1.49. The zero-order valence-electron chi connectivity index (χ0n) is 29.3. The van der Waals surface area contributed by atoms with Gasteiger partial charge in [0.2, 0.25) is 11.8 Å². The number of nitrogens with zero attached hydrogens (tertiary/aromatic N) is 2. The predicted octanol–water partition coefficient (Wildman–Crippen LogP) is 5.86. The summed E-state index contributed by atoms with van der Waals surface area (Å²) in [5.74, 6) is -0.992. The third-order valence-electron chi connectivity index (χ3n) is 9.03. The minimum atomic E-state index is -1.12. The Kier molecular flexibility index (Phi) is 11.8. The molecule has 12 nitrogen and oxygen atoms in total. The summed E-state index contributed by atoms with van der Waals surface area (Å²) in [5.41, 5.74) is 1.43. The number of ether oxygens (including phenoxy) is 3. The minimum Gasteiger partial charge on any atom is -0.497 e. The van der Waals surface area contributed by atoms with Crippen LogP contribution < -0.4 is 20.1 Å². The van der Waals surface area contributed by atoms with Crippen LogP contribution in [0, 0.1) is 0 Å². The molecule has 3 amide bonds. The van der Waals surface area contributed by atoms with Gasteiger partial charge in [-0.3, -0.25) is 9.59 Å². The average molecular weight is 689 g/mol. The largest absolute Gasteiger partial charge is 0.497 e. The van der Waals surface area contributed by atoms with Crippen LogP contribution in [0.2, 0.25) is 0 Å². The normalized spacial score (nSPS) is 22.4. The third-order valence-corrected chi connectivity index (χ3v) is 9.03. The molecule has 50 heavy (non-hydrogen) atoms. The summed E-state index contributed by atoms with van der Waals surface area (Å²) in [5, 5.41) is 16.1. The number of carboxylic acid groups (broad SMARTS) is 1. The number of aliphatic carboxylic acids is 1. The Hall–Kier alpha value is -4.87. The van der Waals surface area contributed by atoms with E-state index in [4.69, 9.17) is 19.2 Å². The summed E-state index contributed by atoms with van der Waals surface area (Å²) in [7, 11) is 1.58. The van der Waals surface area contributed by atoms with Gasteiger partial charge in [0.25, 0.3) is 0 Å². The molecule has 0 radical (unpaired) electrons. The van der Waals surface area contributed by atoms with Crippen LogP contribution in [0.3, 0.4) is 0 Å². The molecule has 0 saturated carbocycles. The zero-order chi connectivity index (χ0) is 35.8. The molecule has 12 heteroatoms. The number of fused-ring (bicyclic) bond motifs is 2. The van der Waals surface area contributed by atoms with E-state index in [0.717, 1.165) is 36.6 Å². The van der Waals surface area contributed by atoms with Gasteiger partial charge in [-0.25, -0.2) is 14.6 Å². The van der Waals surface area contributed by atoms with E-state index in [1.54, 1.807) is 27.9 Å². The summed E-state index contributed by atoms with van der Waals surface area (Å²) >= 11 is 0. The van der Waals surface area contributed by atoms with Crippen molar-refractivity contribution in [2.45, 2.75) is 108 Å². The van der Waals surface area contributed by atoms with Crippen LogP contribution in [0.25, 0.3) is 22.2 Å². The van der Waals surface area contributed by atoms with Crippen molar-refractivity contribution in [3.05, 3.63) is 54.6 Å². The fourth-order valence-corrected chi connectivity index (χ4v) is 6.55. The number of carboxylic acids is 1. The number of aromatic nitrogens is 1. The zero-order valence-corrected chi connectivity index (χ0v) is 29.3. The molecule has 0 aliphatic carbocycles. The smallest absolute Gasteiger partial charge is 0.408 e. The first-order valence-electron chi connectivity index (χ1n) is 17.5. The number of alkyl carbamates (subject to hydrolysis) is 1. The Labute approximate surface area is 292 Å². The fourth-order valence-electron chi connectivity index (χ4n) is 6.55. The molecule has 268 valence electrons. The molecule has 3 aromatic rings. The van der Waals surface area contributed by atoms with Gasteiger partial charge >= 0.3 is 12.1 Å². The van der Waals surface area contributed by atoms with Gasteiger partial charge in [-0.15, -0.1) is 0 Å². The maximum atomic E-state index is 14.3. The lowest BCUT2D eigenvalue weighted by Gasteiger charge is -2.30. The SMILES string of the molecule is COc1ccc2c(O[C@@H]3C[C@H]4C(=O)N[C@H](C(=O)O)CCCCCCCC[C@H](NC(=O)OC(C)(C)C)C(=O)N4C3)cc(-c3ccccc3)nc2c1. The first-order valence-corrected chi connectivity index (χ1v) is 17.5. The van der Waals surface area contributed by atoms with Crippen molar-refractivity contribution in [3.8, 4) is 22.8 Å². The van der Waals surface area contributed by atoms with Crippen LogP contribution in [0.4, 0.5) is 4.79 Å². The molecule has 5 rings (SSSR count). The Morgan fingerprint density at radius 3 is 2.34 bits per heavy atom. The molecule has 2 aliphatic heterocycles. The number of nitrogens with one attached hydrogen (secondary N) is 2. The summed E-state index contributed by atoms with van der Waals surface area (Å²) in [4.78, 5) is 59.6. The van der Waals surface area contributed by atoms with Crippen LogP contribution in [-0.2, 0) is 19.1 Å². The highest BCUT2D eigenvalue weighted by Crippen LogP contribution is 2.35. The maximum absolute atomic E-state index is 14.3. The van der Waals surface area contributed by atoms with E-state index in [0.29, 0.717) is 48.4 Å². The number of pyridine rings is 1. The van der Waals surface area contributed by atoms with Crippen molar-refractivity contribution < 1.29 is 38.5 Å². The monoisotopic (exact) mass is 688 g/mol. The van der Waals surface area contributed by atoms with E-state index in [1.807, 2.05) is 54.6 Å². The second kappa shape index (κ2) is 16.2. The molecule has 2 aliphatic rings. The first-order chi connectivity index (χ1) is 23.9. The van der Waals surface area contributed by atoms with Gasteiger partial charge in [0.05, 0.1) is 24.9 Å². The fraction of sp³-hybridized carbons (Fsp3) is 0.500. The molecule has 4 atom stereocenters. The summed E-state index contributed by atoms with van der Waals surface area (Å²) in [6.45, 7) is 5.28. The number of carbonyl (C=O) groups is 4. The molecule has 2 saturated heterocycles. The van der Waals surface area contributed by atoms with Gasteiger partial charge in [0.15, 0.2) is 0 Å². The van der Waals surface area contributed by atoms with Gasteiger partial charge in [-0.05, 0) is 45.7 Å². The molecule has 3 N–H and O–H groups in total. The highest BCUT2D eigenvalue weighted by atomic mass is 16.6. The van der Waals surface area contributed by atoms with Crippen molar-refractivity contribution in [2.24, 2.45) is 0 Å². The molecular weight excluding hydrogens is 640 g/mol. The number of benzene rings is 2. The summed E-state index contributed by atoms with van der Waals surface area (Å²) in [6, 6.07) is 13.9. The number of carbonyl (C=O) groups excluding carboxylic acids is 3. The molecule has 1 aromatic heterocycles. The standard InChI is InChI=1S/C38H48N4O8/c1-38(2,3)50-37(47)41-28-16-12-7-5-6-8-13-17-29(36(45)46)40-34(43)32-21-26(23-42(32)35(28)44)49-33-22-30(24-14-10-9-11-15-24)39-31-20-25(48-4)18-19-27(31)33/h9-11,14-15,18-20,22,26,28-29,32H,5-8,12-13,16-17,21,23H2,1-4H3,(H,40,43)(H,41,47)(H,45,46)/t26-,28+,29+,32+/m1/s1. The first kappa shape index (κ1) is 36.4. The lowest BCUT2D eigenvalue weighted by atomic mass is 10.0. The van der Waals surface area contributed by atoms with Crippen molar-refractivity contribution >= 4 is 34.8 Å². The van der Waals surface area contributed by atoms with E-state index >= 15 is 0 Å². The quantitative estimate of drug-likeness (QED) is 0.289. The van der Waals surface area contributed by atoms with Crippen molar-refractivity contribution in [2.75, 3.05) is 13.7 Å². The van der Waals surface area contributed by atoms with Crippen molar-refractivity contribution in [1.29, 1.82) is 0 Å². The molecule has 2 aromatic carbocycles. The van der Waals surface area contributed by atoms with Crippen LogP contribution in [0.1, 0.15) is 78.6 Å². The molecule has 0 unspecified atom stereocenters.